The first-order valence-corrected chi connectivity index (χ1v) is 15.2. The standard InChI is InChI=1S/C35H45Cl2NO3/c1-11-27(34(39)41-35(7,8)9)29(13-12-18-40-26-19-22(3)33(37)23(4)20-26)28-14-15-30(36)32(24(28)5)31-21(2)16-17-38(10)25(31)6/h14-16,19-20H,11-13,17-18H2,1-10H3/b29-27+. The van der Waals surface area contributed by atoms with E-state index in [1.54, 1.807) is 0 Å². The maximum Gasteiger partial charge on any atom is 0.334 e. The first-order valence-electron chi connectivity index (χ1n) is 14.4. The molecule has 0 aliphatic carbocycles. The van der Waals surface area contributed by atoms with E-state index < -0.39 is 5.60 Å². The maximum absolute atomic E-state index is 13.5. The molecule has 0 N–H and O–H groups in total. The van der Waals surface area contributed by atoms with Crippen LogP contribution in [0.4, 0.5) is 0 Å². The van der Waals surface area contributed by atoms with Crippen LogP contribution in [0.1, 0.15) is 88.6 Å². The van der Waals surface area contributed by atoms with Crippen LogP contribution in [0.15, 0.2) is 47.2 Å². The van der Waals surface area contributed by atoms with Crippen LogP contribution in [0.5, 0.6) is 5.75 Å². The van der Waals surface area contributed by atoms with Crippen molar-refractivity contribution in [1.29, 1.82) is 0 Å². The number of rotatable bonds is 9. The first kappa shape index (κ1) is 32.8. The number of benzene rings is 2. The van der Waals surface area contributed by atoms with Crippen LogP contribution >= 0.6 is 23.2 Å². The number of likely N-dealkylation sites (N-methyl/N-ethyl adjacent to an activating group) is 1. The van der Waals surface area contributed by atoms with Gasteiger partial charge in [-0.2, -0.15) is 0 Å². The number of aryl methyl sites for hydroxylation is 2. The number of ether oxygens (including phenoxy) is 2. The first-order chi connectivity index (χ1) is 19.2. The van der Waals surface area contributed by atoms with Crippen LogP contribution in [-0.4, -0.2) is 36.7 Å². The molecule has 3 rings (SSSR count). The minimum Gasteiger partial charge on any atom is -0.494 e. The van der Waals surface area contributed by atoms with Gasteiger partial charge in [-0.3, -0.25) is 0 Å². The quantitative estimate of drug-likeness (QED) is 0.164. The molecular formula is C35H45Cl2NO3. The third kappa shape index (κ3) is 7.78. The minimum atomic E-state index is -0.591. The Morgan fingerprint density at radius 2 is 1.66 bits per heavy atom. The van der Waals surface area contributed by atoms with Gasteiger partial charge in [0, 0.05) is 46.0 Å². The van der Waals surface area contributed by atoms with Crippen LogP contribution in [0, 0.1) is 20.8 Å². The Balaban J connectivity index is 2.06. The van der Waals surface area contributed by atoms with Gasteiger partial charge in [-0.1, -0.05) is 42.3 Å². The number of carbonyl (C=O) groups is 1. The topological polar surface area (TPSA) is 38.8 Å². The second kappa shape index (κ2) is 13.5. The van der Waals surface area contributed by atoms with E-state index in [2.05, 4.69) is 38.8 Å². The summed E-state index contributed by atoms with van der Waals surface area (Å²) in [6, 6.07) is 7.93. The van der Waals surface area contributed by atoms with Crippen molar-refractivity contribution in [2.45, 2.75) is 87.2 Å². The number of allylic oxidation sites excluding steroid dienone is 4. The number of esters is 1. The highest BCUT2D eigenvalue weighted by molar-refractivity contribution is 6.33. The molecule has 1 aliphatic rings. The maximum atomic E-state index is 13.5. The average molecular weight is 599 g/mol. The third-order valence-electron chi connectivity index (χ3n) is 7.60. The van der Waals surface area contributed by atoms with Crippen LogP contribution in [0.2, 0.25) is 10.0 Å². The lowest BCUT2D eigenvalue weighted by molar-refractivity contribution is -0.149. The molecule has 0 radical (unpaired) electrons. The van der Waals surface area contributed by atoms with Gasteiger partial charge in [-0.25, -0.2) is 4.79 Å². The fraction of sp³-hybridized carbons (Fsp3) is 0.457. The average Bonchev–Trinajstić information content (AvgIpc) is 2.87. The van der Waals surface area contributed by atoms with Gasteiger partial charge in [0.1, 0.15) is 11.4 Å². The Morgan fingerprint density at radius 1 is 1.02 bits per heavy atom. The van der Waals surface area contributed by atoms with Crippen molar-refractivity contribution in [2.75, 3.05) is 20.2 Å². The van der Waals surface area contributed by atoms with Crippen molar-refractivity contribution in [3.63, 3.8) is 0 Å². The van der Waals surface area contributed by atoms with Gasteiger partial charge in [0.05, 0.1) is 6.61 Å². The van der Waals surface area contributed by atoms with Gasteiger partial charge >= 0.3 is 5.97 Å². The summed E-state index contributed by atoms with van der Waals surface area (Å²) in [4.78, 5) is 15.7. The SMILES string of the molecule is CC/C(C(=O)OC(C)(C)C)=C(/CCCOc1cc(C)c(Cl)c(C)c1)c1ccc(Cl)c(C2=C(C)N(C)CC=C2C)c1C. The molecule has 41 heavy (non-hydrogen) atoms. The fourth-order valence-corrected chi connectivity index (χ4v) is 5.79. The van der Waals surface area contributed by atoms with Gasteiger partial charge in [0.2, 0.25) is 0 Å². The molecule has 0 unspecified atom stereocenters. The minimum absolute atomic E-state index is 0.278. The zero-order chi connectivity index (χ0) is 30.6. The van der Waals surface area contributed by atoms with E-state index in [4.69, 9.17) is 32.7 Å². The summed E-state index contributed by atoms with van der Waals surface area (Å²) in [5.74, 6) is 0.522. The third-order valence-corrected chi connectivity index (χ3v) is 8.51. The van der Waals surface area contributed by atoms with Crippen LogP contribution < -0.4 is 4.74 Å². The highest BCUT2D eigenvalue weighted by Crippen LogP contribution is 2.41. The lowest BCUT2D eigenvalue weighted by Crippen LogP contribution is -2.25. The molecule has 0 spiro atoms. The zero-order valence-corrected chi connectivity index (χ0v) is 27.9. The molecule has 6 heteroatoms. The molecule has 2 aromatic rings. The fourth-order valence-electron chi connectivity index (χ4n) is 5.38. The highest BCUT2D eigenvalue weighted by atomic mass is 35.5. The molecule has 0 saturated heterocycles. The second-order valence-electron chi connectivity index (χ2n) is 12.0. The molecule has 0 aromatic heterocycles. The predicted octanol–water partition coefficient (Wildman–Crippen LogP) is 9.91. The Bertz CT molecular complexity index is 1390. The van der Waals surface area contributed by atoms with Crippen LogP contribution in [0.3, 0.4) is 0 Å². The van der Waals surface area contributed by atoms with Crippen LogP contribution in [-0.2, 0) is 9.53 Å². The number of hydrogen-bond acceptors (Lipinski definition) is 4. The van der Waals surface area contributed by atoms with E-state index in [1.165, 1.54) is 11.3 Å². The Morgan fingerprint density at radius 3 is 2.24 bits per heavy atom. The van der Waals surface area contributed by atoms with Crippen molar-refractivity contribution in [3.05, 3.63) is 85.0 Å². The molecule has 0 amide bonds. The molecule has 0 fully saturated rings. The molecule has 0 saturated carbocycles. The lowest BCUT2D eigenvalue weighted by atomic mass is 9.84. The summed E-state index contributed by atoms with van der Waals surface area (Å²) in [5, 5.41) is 1.47. The van der Waals surface area contributed by atoms with E-state index in [-0.39, 0.29) is 5.97 Å². The molecule has 0 atom stereocenters. The highest BCUT2D eigenvalue weighted by Gasteiger charge is 2.26. The molecule has 2 aromatic carbocycles. The van der Waals surface area contributed by atoms with E-state index in [1.807, 2.05) is 65.8 Å². The van der Waals surface area contributed by atoms with E-state index >= 15 is 0 Å². The van der Waals surface area contributed by atoms with Gasteiger partial charge in [0.25, 0.3) is 0 Å². The number of carbonyl (C=O) groups excluding carboxylic acids is 1. The summed E-state index contributed by atoms with van der Waals surface area (Å²) in [6.07, 6.45) is 4.17. The van der Waals surface area contributed by atoms with Crippen LogP contribution in [0.25, 0.3) is 11.1 Å². The zero-order valence-electron chi connectivity index (χ0n) is 26.4. The summed E-state index contributed by atoms with van der Waals surface area (Å²) < 4.78 is 12.0. The van der Waals surface area contributed by atoms with Gasteiger partial charge < -0.3 is 14.4 Å². The number of halogens is 2. The predicted molar refractivity (Wildman–Crippen MR) is 174 cm³/mol. The Hall–Kier alpha value is -2.69. The molecule has 1 aliphatic heterocycles. The number of nitrogens with zero attached hydrogens (tertiary/aromatic N) is 1. The Labute approximate surface area is 257 Å². The van der Waals surface area contributed by atoms with Gasteiger partial charge in [-0.15, -0.1) is 0 Å². The monoisotopic (exact) mass is 597 g/mol. The normalized spacial score (nSPS) is 14.6. The molecule has 222 valence electrons. The van der Waals surface area contributed by atoms with Crippen molar-refractivity contribution < 1.29 is 14.3 Å². The van der Waals surface area contributed by atoms with E-state index in [0.29, 0.717) is 30.0 Å². The molecule has 1 heterocycles. The number of hydrogen-bond donors (Lipinski definition) is 0. The largest absolute Gasteiger partial charge is 0.494 e. The van der Waals surface area contributed by atoms with Crippen molar-refractivity contribution >= 4 is 40.3 Å². The van der Waals surface area contributed by atoms with Crippen molar-refractivity contribution in [3.8, 4) is 5.75 Å². The van der Waals surface area contributed by atoms with E-state index in [0.717, 1.165) is 62.7 Å². The summed E-state index contributed by atoms with van der Waals surface area (Å²) in [6.45, 7) is 19.4. The molecule has 0 bridgehead atoms. The van der Waals surface area contributed by atoms with Gasteiger partial charge in [-0.05, 0) is 126 Å². The Kier molecular flexibility index (Phi) is 10.8. The summed E-state index contributed by atoms with van der Waals surface area (Å²) in [5.41, 5.74) is 9.70. The molecular weight excluding hydrogens is 553 g/mol. The van der Waals surface area contributed by atoms with Crippen molar-refractivity contribution in [2.24, 2.45) is 0 Å². The smallest absolute Gasteiger partial charge is 0.334 e. The summed E-state index contributed by atoms with van der Waals surface area (Å²) >= 11 is 13.2. The lowest BCUT2D eigenvalue weighted by Gasteiger charge is -2.30. The molecule has 4 nitrogen and oxygen atoms in total. The van der Waals surface area contributed by atoms with Gasteiger partial charge in [0.15, 0.2) is 0 Å². The van der Waals surface area contributed by atoms with Crippen molar-refractivity contribution in [1.82, 2.24) is 4.90 Å². The van der Waals surface area contributed by atoms with E-state index in [9.17, 15) is 4.79 Å². The summed E-state index contributed by atoms with van der Waals surface area (Å²) in [7, 11) is 2.10. The second-order valence-corrected chi connectivity index (χ2v) is 12.7.